The third kappa shape index (κ3) is 6.19. The van der Waals surface area contributed by atoms with E-state index in [0.717, 1.165) is 38.3 Å². The van der Waals surface area contributed by atoms with Gasteiger partial charge in [-0.1, -0.05) is 60.7 Å². The zero-order chi connectivity index (χ0) is 18.0. The molecule has 1 fully saturated rings. The molecule has 1 atom stereocenters. The molecule has 0 unspecified atom stereocenters. The molecule has 138 valence electrons. The normalized spacial score (nSPS) is 17.2. The van der Waals surface area contributed by atoms with Crippen LogP contribution < -0.4 is 0 Å². The number of amides is 1. The molecule has 3 nitrogen and oxygen atoms in total. The standard InChI is InChI=1S/C22H27NO2S/c24-22(18-26-17-20-10-5-2-6-11-20)23-13-7-12-21(14-23)16-25-15-19-8-3-1-4-9-19/h1-6,8-11,21H,7,12-18H2/t21-/m0/s1. The van der Waals surface area contributed by atoms with Crippen molar-refractivity contribution >= 4 is 17.7 Å². The molecule has 1 heterocycles. The maximum Gasteiger partial charge on any atom is 0.232 e. The number of nitrogens with zero attached hydrogens (tertiary/aromatic N) is 1. The van der Waals surface area contributed by atoms with Crippen LogP contribution in [0.3, 0.4) is 0 Å². The molecular formula is C22H27NO2S. The van der Waals surface area contributed by atoms with Gasteiger partial charge in [-0.15, -0.1) is 11.8 Å². The summed E-state index contributed by atoms with van der Waals surface area (Å²) in [5.41, 5.74) is 2.48. The monoisotopic (exact) mass is 369 g/mol. The molecule has 26 heavy (non-hydrogen) atoms. The van der Waals surface area contributed by atoms with Gasteiger partial charge in [0, 0.05) is 18.8 Å². The number of carbonyl (C=O) groups is 1. The summed E-state index contributed by atoms with van der Waals surface area (Å²) < 4.78 is 5.88. The van der Waals surface area contributed by atoms with Gasteiger partial charge in [-0.25, -0.2) is 0 Å². The fourth-order valence-electron chi connectivity index (χ4n) is 3.27. The van der Waals surface area contributed by atoms with E-state index in [9.17, 15) is 4.79 Å². The molecule has 0 aliphatic carbocycles. The van der Waals surface area contributed by atoms with Crippen molar-refractivity contribution in [1.29, 1.82) is 0 Å². The van der Waals surface area contributed by atoms with E-state index >= 15 is 0 Å². The third-order valence-corrected chi connectivity index (χ3v) is 5.66. The number of thioether (sulfide) groups is 1. The number of benzene rings is 2. The maximum atomic E-state index is 12.5. The van der Waals surface area contributed by atoms with Crippen LogP contribution in [0.4, 0.5) is 0 Å². The summed E-state index contributed by atoms with van der Waals surface area (Å²) in [6, 6.07) is 20.6. The molecule has 2 aromatic carbocycles. The Kier molecular flexibility index (Phi) is 7.59. The Morgan fingerprint density at radius 2 is 1.73 bits per heavy atom. The third-order valence-electron chi connectivity index (χ3n) is 4.67. The smallest absolute Gasteiger partial charge is 0.232 e. The van der Waals surface area contributed by atoms with Crippen LogP contribution in [0.25, 0.3) is 0 Å². The Bertz CT molecular complexity index is 662. The minimum absolute atomic E-state index is 0.263. The maximum absolute atomic E-state index is 12.5. The topological polar surface area (TPSA) is 29.5 Å². The van der Waals surface area contributed by atoms with Gasteiger partial charge in [0.25, 0.3) is 0 Å². The molecule has 1 amide bonds. The van der Waals surface area contributed by atoms with Crippen molar-refractivity contribution in [3.8, 4) is 0 Å². The zero-order valence-electron chi connectivity index (χ0n) is 15.2. The Morgan fingerprint density at radius 3 is 2.46 bits per heavy atom. The van der Waals surface area contributed by atoms with E-state index in [1.165, 1.54) is 11.1 Å². The summed E-state index contributed by atoms with van der Waals surface area (Å²) in [6.45, 7) is 3.10. The first-order chi connectivity index (χ1) is 12.8. The van der Waals surface area contributed by atoms with Crippen LogP contribution in [-0.4, -0.2) is 36.3 Å². The molecule has 0 radical (unpaired) electrons. The van der Waals surface area contributed by atoms with Crippen LogP contribution in [0.1, 0.15) is 24.0 Å². The van der Waals surface area contributed by atoms with Gasteiger partial charge in [0.2, 0.25) is 5.91 Å². The summed E-state index contributed by atoms with van der Waals surface area (Å²) in [5, 5.41) is 0. The molecule has 0 saturated carbocycles. The van der Waals surface area contributed by atoms with Gasteiger partial charge >= 0.3 is 0 Å². The molecule has 0 bridgehead atoms. The lowest BCUT2D eigenvalue weighted by Gasteiger charge is -2.32. The molecule has 0 aromatic heterocycles. The highest BCUT2D eigenvalue weighted by atomic mass is 32.2. The van der Waals surface area contributed by atoms with Gasteiger partial charge in [-0.05, 0) is 29.9 Å². The molecule has 2 aromatic rings. The highest BCUT2D eigenvalue weighted by Gasteiger charge is 2.23. The summed E-state index contributed by atoms with van der Waals surface area (Å²) >= 11 is 1.70. The first-order valence-corrected chi connectivity index (χ1v) is 10.5. The second-order valence-electron chi connectivity index (χ2n) is 6.83. The number of likely N-dealkylation sites (tertiary alicyclic amines) is 1. The van der Waals surface area contributed by atoms with Crippen molar-refractivity contribution in [2.75, 3.05) is 25.4 Å². The summed E-state index contributed by atoms with van der Waals surface area (Å²) in [7, 11) is 0. The van der Waals surface area contributed by atoms with Gasteiger partial charge in [0.15, 0.2) is 0 Å². The Labute approximate surface area is 160 Å². The van der Waals surface area contributed by atoms with Crippen molar-refractivity contribution in [2.45, 2.75) is 25.2 Å². The van der Waals surface area contributed by atoms with E-state index in [1.807, 2.05) is 41.3 Å². The number of ether oxygens (including phenoxy) is 1. The van der Waals surface area contributed by atoms with Crippen molar-refractivity contribution in [1.82, 2.24) is 4.90 Å². The number of carbonyl (C=O) groups excluding carboxylic acids is 1. The predicted molar refractivity (Wildman–Crippen MR) is 108 cm³/mol. The molecule has 1 saturated heterocycles. The quantitative estimate of drug-likeness (QED) is 0.692. The van der Waals surface area contributed by atoms with Crippen LogP contribution in [0, 0.1) is 5.92 Å². The van der Waals surface area contributed by atoms with Crippen molar-refractivity contribution in [2.24, 2.45) is 5.92 Å². The van der Waals surface area contributed by atoms with E-state index in [4.69, 9.17) is 4.74 Å². The van der Waals surface area contributed by atoms with E-state index in [-0.39, 0.29) is 5.91 Å². The molecule has 1 aliphatic rings. The molecule has 0 spiro atoms. The van der Waals surface area contributed by atoms with Crippen molar-refractivity contribution in [3.63, 3.8) is 0 Å². The van der Waals surface area contributed by atoms with Crippen LogP contribution in [-0.2, 0) is 21.9 Å². The van der Waals surface area contributed by atoms with Gasteiger partial charge in [0.05, 0.1) is 19.0 Å². The predicted octanol–water partition coefficient (Wildman–Crippen LogP) is 4.38. The average Bonchev–Trinajstić information content (AvgIpc) is 2.70. The molecule has 0 N–H and O–H groups in total. The van der Waals surface area contributed by atoms with Gasteiger partial charge in [-0.3, -0.25) is 4.79 Å². The van der Waals surface area contributed by atoms with Crippen LogP contribution in [0.5, 0.6) is 0 Å². The molecule has 1 aliphatic heterocycles. The van der Waals surface area contributed by atoms with Gasteiger partial charge < -0.3 is 9.64 Å². The Morgan fingerprint density at radius 1 is 1.04 bits per heavy atom. The highest BCUT2D eigenvalue weighted by Crippen LogP contribution is 2.19. The molecule has 4 heteroatoms. The lowest BCUT2D eigenvalue weighted by atomic mass is 9.99. The second kappa shape index (κ2) is 10.4. The highest BCUT2D eigenvalue weighted by molar-refractivity contribution is 7.99. The SMILES string of the molecule is O=C(CSCc1ccccc1)N1CCC[C@H](COCc2ccccc2)C1. The van der Waals surface area contributed by atoms with Crippen LogP contribution in [0.2, 0.25) is 0 Å². The van der Waals surface area contributed by atoms with E-state index in [1.54, 1.807) is 11.8 Å². The first kappa shape index (κ1) is 19.0. The fraction of sp³-hybridized carbons (Fsp3) is 0.409. The number of hydrogen-bond donors (Lipinski definition) is 0. The zero-order valence-corrected chi connectivity index (χ0v) is 16.0. The lowest BCUT2D eigenvalue weighted by molar-refractivity contribution is -0.130. The number of hydrogen-bond acceptors (Lipinski definition) is 3. The first-order valence-electron chi connectivity index (χ1n) is 9.32. The second-order valence-corrected chi connectivity index (χ2v) is 7.81. The summed E-state index contributed by atoms with van der Waals surface area (Å²) in [6.07, 6.45) is 2.23. The van der Waals surface area contributed by atoms with Crippen molar-refractivity contribution in [3.05, 3.63) is 71.8 Å². The van der Waals surface area contributed by atoms with E-state index < -0.39 is 0 Å². The summed E-state index contributed by atoms with van der Waals surface area (Å²) in [5.74, 6) is 2.17. The van der Waals surface area contributed by atoms with E-state index in [2.05, 4.69) is 24.3 Å². The largest absolute Gasteiger partial charge is 0.376 e. The Balaban J connectivity index is 1.36. The minimum atomic E-state index is 0.263. The molecule has 3 rings (SSSR count). The fourth-order valence-corrected chi connectivity index (χ4v) is 4.15. The van der Waals surface area contributed by atoms with Crippen molar-refractivity contribution < 1.29 is 9.53 Å². The Hall–Kier alpha value is -1.78. The lowest BCUT2D eigenvalue weighted by Crippen LogP contribution is -2.42. The van der Waals surface area contributed by atoms with Crippen LogP contribution >= 0.6 is 11.8 Å². The molecular weight excluding hydrogens is 342 g/mol. The number of rotatable bonds is 8. The van der Waals surface area contributed by atoms with Gasteiger partial charge in [-0.2, -0.15) is 0 Å². The van der Waals surface area contributed by atoms with E-state index in [0.29, 0.717) is 18.3 Å². The average molecular weight is 370 g/mol. The van der Waals surface area contributed by atoms with Crippen LogP contribution in [0.15, 0.2) is 60.7 Å². The van der Waals surface area contributed by atoms with Gasteiger partial charge in [0.1, 0.15) is 0 Å². The number of piperidine rings is 1. The summed E-state index contributed by atoms with van der Waals surface area (Å²) in [4.78, 5) is 14.5. The minimum Gasteiger partial charge on any atom is -0.376 e.